The predicted molar refractivity (Wildman–Crippen MR) is 119 cm³/mol. The average Bonchev–Trinajstić information content (AvgIpc) is 2.89. The fourth-order valence-corrected chi connectivity index (χ4v) is 6.38. The van der Waals surface area contributed by atoms with Gasteiger partial charge in [0.25, 0.3) is 0 Å². The van der Waals surface area contributed by atoms with E-state index in [0.29, 0.717) is 48.1 Å². The molecule has 0 aliphatic heterocycles. The third-order valence-electron chi connectivity index (χ3n) is 7.80. The summed E-state index contributed by atoms with van der Waals surface area (Å²) in [5, 5.41) is 0.183. The number of unbranched alkanes of at least 4 members (excludes halogenated alkanes) is 1. The Labute approximate surface area is 174 Å². The van der Waals surface area contributed by atoms with Gasteiger partial charge in [-0.1, -0.05) is 47.5 Å². The van der Waals surface area contributed by atoms with Crippen LogP contribution in [0, 0.1) is 23.7 Å². The Balaban J connectivity index is 1.83. The molecule has 3 nitrogen and oxygen atoms in total. The Morgan fingerprint density at radius 1 is 0.964 bits per heavy atom. The SMILES string of the molecule is CC(C)[C@@H]1CCC(=O)C[C@@H]1CCCC[C@H]1CC(=O)C[C@@H]1O[Si](C)(C)C(C)(C)C. The molecule has 0 spiro atoms. The van der Waals surface area contributed by atoms with E-state index in [1.54, 1.807) is 0 Å². The molecule has 2 rings (SSSR count). The molecule has 28 heavy (non-hydrogen) atoms. The lowest BCUT2D eigenvalue weighted by molar-refractivity contribution is -0.123. The summed E-state index contributed by atoms with van der Waals surface area (Å²) >= 11 is 0. The molecule has 0 radical (unpaired) electrons. The van der Waals surface area contributed by atoms with Crippen LogP contribution in [0.3, 0.4) is 0 Å². The van der Waals surface area contributed by atoms with E-state index in [4.69, 9.17) is 4.43 Å². The van der Waals surface area contributed by atoms with Crippen LogP contribution in [-0.2, 0) is 14.0 Å². The Bertz CT molecular complexity index is 547. The zero-order valence-electron chi connectivity index (χ0n) is 19.5. The summed E-state index contributed by atoms with van der Waals surface area (Å²) in [7, 11) is -1.83. The molecule has 0 aromatic carbocycles. The van der Waals surface area contributed by atoms with Crippen LogP contribution in [0.2, 0.25) is 18.1 Å². The first-order valence-electron chi connectivity index (χ1n) is 11.6. The molecule has 162 valence electrons. The molecular weight excluding hydrogens is 364 g/mol. The number of hydrogen-bond donors (Lipinski definition) is 0. The first-order chi connectivity index (χ1) is 12.9. The van der Waals surface area contributed by atoms with E-state index in [1.165, 1.54) is 12.8 Å². The zero-order chi connectivity index (χ0) is 21.1. The van der Waals surface area contributed by atoms with Gasteiger partial charge in [0.1, 0.15) is 11.6 Å². The fraction of sp³-hybridized carbons (Fsp3) is 0.917. The van der Waals surface area contributed by atoms with Crippen molar-refractivity contribution < 1.29 is 14.0 Å². The van der Waals surface area contributed by atoms with Crippen LogP contribution in [0.25, 0.3) is 0 Å². The highest BCUT2D eigenvalue weighted by molar-refractivity contribution is 6.74. The van der Waals surface area contributed by atoms with Crippen molar-refractivity contribution >= 4 is 19.9 Å². The van der Waals surface area contributed by atoms with Gasteiger partial charge < -0.3 is 4.43 Å². The van der Waals surface area contributed by atoms with E-state index in [2.05, 4.69) is 47.7 Å². The van der Waals surface area contributed by atoms with Crippen LogP contribution in [0.15, 0.2) is 0 Å². The van der Waals surface area contributed by atoms with Gasteiger partial charge in [-0.3, -0.25) is 9.59 Å². The van der Waals surface area contributed by atoms with Gasteiger partial charge >= 0.3 is 0 Å². The largest absolute Gasteiger partial charge is 0.413 e. The summed E-state index contributed by atoms with van der Waals surface area (Å²) in [5.74, 6) is 3.20. The standard InChI is InChI=1S/C24H44O3Si/c1-17(2)22-13-12-20(25)14-18(22)10-8-9-11-19-15-21(26)16-23(19)27-28(6,7)24(3,4)5/h17-19,22-23H,8-16H2,1-7H3/t18-,19-,22-,23-/m0/s1. The normalized spacial score (nSPS) is 29.7. The number of hydrogen-bond acceptors (Lipinski definition) is 3. The quantitative estimate of drug-likeness (QED) is 0.337. The molecule has 0 saturated heterocycles. The molecule has 2 saturated carbocycles. The Morgan fingerprint density at radius 2 is 1.54 bits per heavy atom. The van der Waals surface area contributed by atoms with Crippen LogP contribution < -0.4 is 0 Å². The number of carbonyl (C=O) groups excluding carboxylic acids is 2. The Morgan fingerprint density at radius 3 is 2.11 bits per heavy atom. The molecule has 0 heterocycles. The summed E-state index contributed by atoms with van der Waals surface area (Å²) in [6, 6.07) is 0. The molecular formula is C24H44O3Si. The van der Waals surface area contributed by atoms with Crippen molar-refractivity contribution in [2.24, 2.45) is 23.7 Å². The fourth-order valence-electron chi connectivity index (χ4n) is 5.00. The van der Waals surface area contributed by atoms with Gasteiger partial charge in [-0.2, -0.15) is 0 Å². The van der Waals surface area contributed by atoms with Crippen LogP contribution >= 0.6 is 0 Å². The van der Waals surface area contributed by atoms with Crippen molar-refractivity contribution in [2.75, 3.05) is 0 Å². The number of carbonyl (C=O) groups is 2. The summed E-state index contributed by atoms with van der Waals surface area (Å²) in [6.45, 7) is 16.0. The van der Waals surface area contributed by atoms with Crippen LogP contribution in [0.1, 0.15) is 92.4 Å². The van der Waals surface area contributed by atoms with E-state index >= 15 is 0 Å². The molecule has 2 aliphatic carbocycles. The summed E-state index contributed by atoms with van der Waals surface area (Å²) in [4.78, 5) is 24.1. The molecule has 0 N–H and O–H groups in total. The maximum absolute atomic E-state index is 12.1. The Kier molecular flexibility index (Phi) is 8.12. The first-order valence-corrected chi connectivity index (χ1v) is 14.5. The lowest BCUT2D eigenvalue weighted by Crippen LogP contribution is -2.44. The molecule has 2 aliphatic rings. The highest BCUT2D eigenvalue weighted by Crippen LogP contribution is 2.42. The maximum atomic E-state index is 12.1. The van der Waals surface area contributed by atoms with Gasteiger partial charge in [-0.25, -0.2) is 0 Å². The molecule has 0 aromatic heterocycles. The maximum Gasteiger partial charge on any atom is 0.192 e. The van der Waals surface area contributed by atoms with Gasteiger partial charge in [0.15, 0.2) is 8.32 Å². The number of rotatable bonds is 8. The summed E-state index contributed by atoms with van der Waals surface area (Å²) < 4.78 is 6.63. The van der Waals surface area contributed by atoms with Crippen molar-refractivity contribution in [3.63, 3.8) is 0 Å². The summed E-state index contributed by atoms with van der Waals surface area (Å²) in [5.41, 5.74) is 0. The van der Waals surface area contributed by atoms with E-state index in [9.17, 15) is 9.59 Å². The highest BCUT2D eigenvalue weighted by atomic mass is 28.4. The second kappa shape index (κ2) is 9.55. The van der Waals surface area contributed by atoms with Crippen molar-refractivity contribution in [2.45, 2.75) is 117 Å². The topological polar surface area (TPSA) is 43.4 Å². The summed E-state index contributed by atoms with van der Waals surface area (Å²) in [6.07, 6.45) is 8.72. The van der Waals surface area contributed by atoms with Crippen LogP contribution in [0.4, 0.5) is 0 Å². The van der Waals surface area contributed by atoms with Gasteiger partial charge in [0.2, 0.25) is 0 Å². The van der Waals surface area contributed by atoms with E-state index in [-0.39, 0.29) is 11.1 Å². The minimum absolute atomic E-state index is 0.132. The third-order valence-corrected chi connectivity index (χ3v) is 12.3. The first kappa shape index (κ1) is 23.8. The molecule has 0 aromatic rings. The van der Waals surface area contributed by atoms with Gasteiger partial charge in [-0.05, 0) is 61.1 Å². The van der Waals surface area contributed by atoms with Crippen molar-refractivity contribution in [3.05, 3.63) is 0 Å². The van der Waals surface area contributed by atoms with Crippen LogP contribution in [-0.4, -0.2) is 26.0 Å². The smallest absolute Gasteiger partial charge is 0.192 e. The highest BCUT2D eigenvalue weighted by Gasteiger charge is 2.43. The lowest BCUT2D eigenvalue weighted by Gasteiger charge is -2.39. The van der Waals surface area contributed by atoms with E-state index in [1.807, 2.05) is 0 Å². The third kappa shape index (κ3) is 6.26. The zero-order valence-corrected chi connectivity index (χ0v) is 20.5. The average molecular weight is 409 g/mol. The minimum Gasteiger partial charge on any atom is -0.413 e. The Hall–Kier alpha value is -0.483. The molecule has 0 unspecified atom stereocenters. The second-order valence-corrected chi connectivity index (χ2v) is 16.1. The molecule has 4 atom stereocenters. The van der Waals surface area contributed by atoms with E-state index in [0.717, 1.165) is 32.1 Å². The molecule has 0 amide bonds. The minimum atomic E-state index is -1.83. The molecule has 0 bridgehead atoms. The molecule has 2 fully saturated rings. The number of Topliss-reactive ketones (excluding diaryl/α,β-unsaturated/α-hetero) is 2. The van der Waals surface area contributed by atoms with Crippen molar-refractivity contribution in [1.82, 2.24) is 0 Å². The van der Waals surface area contributed by atoms with Crippen molar-refractivity contribution in [3.8, 4) is 0 Å². The van der Waals surface area contributed by atoms with Crippen LogP contribution in [0.5, 0.6) is 0 Å². The van der Waals surface area contributed by atoms with Gasteiger partial charge in [-0.15, -0.1) is 0 Å². The lowest BCUT2D eigenvalue weighted by atomic mass is 9.71. The van der Waals surface area contributed by atoms with Gasteiger partial charge in [0, 0.05) is 25.7 Å². The number of ketones is 2. The molecule has 4 heteroatoms. The monoisotopic (exact) mass is 408 g/mol. The van der Waals surface area contributed by atoms with Gasteiger partial charge in [0.05, 0.1) is 6.10 Å². The predicted octanol–water partition coefficient (Wildman–Crippen LogP) is 6.56. The second-order valence-electron chi connectivity index (χ2n) is 11.4. The van der Waals surface area contributed by atoms with E-state index < -0.39 is 8.32 Å². The van der Waals surface area contributed by atoms with Crippen molar-refractivity contribution in [1.29, 1.82) is 0 Å².